The number of hydrogen-bond acceptors (Lipinski definition) is 2. The van der Waals surface area contributed by atoms with Gasteiger partial charge < -0.3 is 15.7 Å². The third-order valence-corrected chi connectivity index (χ3v) is 3.19. The lowest BCUT2D eigenvalue weighted by atomic mass is 10.1. The summed E-state index contributed by atoms with van der Waals surface area (Å²) in [5.41, 5.74) is 0.877. The van der Waals surface area contributed by atoms with Crippen LogP contribution >= 0.6 is 0 Å². The summed E-state index contributed by atoms with van der Waals surface area (Å²) in [6, 6.07) is 7.88. The molecule has 5 heteroatoms. The third-order valence-electron chi connectivity index (χ3n) is 3.19. The van der Waals surface area contributed by atoms with Gasteiger partial charge in [0.05, 0.1) is 0 Å². The summed E-state index contributed by atoms with van der Waals surface area (Å²) in [7, 11) is 0. The molecule has 0 aromatic heterocycles. The van der Waals surface area contributed by atoms with Crippen molar-refractivity contribution in [2.75, 3.05) is 6.54 Å². The highest BCUT2D eigenvalue weighted by Gasteiger charge is 2.20. The normalized spacial score (nSPS) is 13.3. The summed E-state index contributed by atoms with van der Waals surface area (Å²) in [5.74, 6) is -0.661. The van der Waals surface area contributed by atoms with Crippen LogP contribution in [-0.4, -0.2) is 29.7 Å². The quantitative estimate of drug-likeness (QED) is 0.714. The van der Waals surface area contributed by atoms with E-state index in [2.05, 4.69) is 10.6 Å². The van der Waals surface area contributed by atoms with Gasteiger partial charge in [-0.3, -0.25) is 0 Å². The fourth-order valence-corrected chi connectivity index (χ4v) is 1.67. The first-order valence-corrected chi connectivity index (χ1v) is 6.84. The van der Waals surface area contributed by atoms with E-state index >= 15 is 0 Å². The summed E-state index contributed by atoms with van der Waals surface area (Å²) in [6.45, 7) is 4.61. The fraction of sp³-hybridized carbons (Fsp3) is 0.467. The topological polar surface area (TPSA) is 78.4 Å². The molecule has 2 atom stereocenters. The monoisotopic (exact) mass is 278 g/mol. The van der Waals surface area contributed by atoms with Crippen molar-refractivity contribution in [3.05, 3.63) is 35.9 Å². The van der Waals surface area contributed by atoms with E-state index in [4.69, 9.17) is 5.11 Å². The molecule has 1 unspecified atom stereocenters. The third kappa shape index (κ3) is 5.73. The Morgan fingerprint density at radius 1 is 1.25 bits per heavy atom. The SMILES string of the molecule is CCC(C)CNC(=O)N[C@@H](Cc1ccccc1)C(=O)O. The van der Waals surface area contributed by atoms with Crippen LogP contribution in [0.1, 0.15) is 25.8 Å². The molecular formula is C15H22N2O3. The number of carbonyl (C=O) groups is 2. The molecule has 1 rings (SSSR count). The van der Waals surface area contributed by atoms with Gasteiger partial charge in [0, 0.05) is 13.0 Å². The Bertz CT molecular complexity index is 434. The van der Waals surface area contributed by atoms with E-state index in [0.29, 0.717) is 12.5 Å². The van der Waals surface area contributed by atoms with Gasteiger partial charge in [-0.1, -0.05) is 50.6 Å². The van der Waals surface area contributed by atoms with Crippen LogP contribution in [0.2, 0.25) is 0 Å². The summed E-state index contributed by atoms with van der Waals surface area (Å²) >= 11 is 0. The molecule has 110 valence electrons. The summed E-state index contributed by atoms with van der Waals surface area (Å²) < 4.78 is 0. The summed E-state index contributed by atoms with van der Waals surface area (Å²) in [6.07, 6.45) is 1.24. The summed E-state index contributed by atoms with van der Waals surface area (Å²) in [4.78, 5) is 22.9. The van der Waals surface area contributed by atoms with Gasteiger partial charge in [0.15, 0.2) is 0 Å². The van der Waals surface area contributed by atoms with Crippen molar-refractivity contribution in [2.24, 2.45) is 5.92 Å². The van der Waals surface area contributed by atoms with E-state index in [1.165, 1.54) is 0 Å². The average Bonchev–Trinajstić information content (AvgIpc) is 2.45. The van der Waals surface area contributed by atoms with Crippen LogP contribution in [0.5, 0.6) is 0 Å². The second kappa shape index (κ2) is 8.19. The molecule has 2 amide bonds. The van der Waals surface area contributed by atoms with E-state index in [9.17, 15) is 9.59 Å². The van der Waals surface area contributed by atoms with Crippen LogP contribution in [0, 0.1) is 5.92 Å². The van der Waals surface area contributed by atoms with Crippen molar-refractivity contribution in [1.29, 1.82) is 0 Å². The van der Waals surface area contributed by atoms with Gasteiger partial charge in [0.25, 0.3) is 0 Å². The molecule has 0 fully saturated rings. The molecule has 0 bridgehead atoms. The van der Waals surface area contributed by atoms with Crippen LogP contribution in [0.25, 0.3) is 0 Å². The van der Waals surface area contributed by atoms with Gasteiger partial charge in [-0.15, -0.1) is 0 Å². The molecule has 1 aromatic carbocycles. The van der Waals surface area contributed by atoms with E-state index in [1.807, 2.05) is 44.2 Å². The number of carboxylic acids is 1. The maximum atomic E-state index is 11.7. The lowest BCUT2D eigenvalue weighted by Gasteiger charge is -2.16. The molecule has 0 saturated heterocycles. The highest BCUT2D eigenvalue weighted by atomic mass is 16.4. The first kappa shape index (κ1) is 16.0. The molecular weight excluding hydrogens is 256 g/mol. The number of rotatable bonds is 7. The van der Waals surface area contributed by atoms with Crippen LogP contribution in [0.3, 0.4) is 0 Å². The van der Waals surface area contributed by atoms with E-state index in [0.717, 1.165) is 12.0 Å². The minimum absolute atomic E-state index is 0.271. The Hall–Kier alpha value is -2.04. The van der Waals surface area contributed by atoms with Gasteiger partial charge >= 0.3 is 12.0 Å². The standard InChI is InChI=1S/C15H22N2O3/c1-3-11(2)10-16-15(20)17-13(14(18)19)9-12-7-5-4-6-8-12/h4-8,11,13H,3,9-10H2,1-2H3,(H,18,19)(H2,16,17,20)/t11?,13-/m0/s1. The number of urea groups is 1. The van der Waals surface area contributed by atoms with Crippen molar-refractivity contribution in [3.8, 4) is 0 Å². The van der Waals surface area contributed by atoms with Gasteiger partial charge in [0.1, 0.15) is 6.04 Å². The zero-order valence-corrected chi connectivity index (χ0v) is 11.9. The Morgan fingerprint density at radius 2 is 1.90 bits per heavy atom. The fourth-order valence-electron chi connectivity index (χ4n) is 1.67. The van der Waals surface area contributed by atoms with Crippen LogP contribution < -0.4 is 10.6 Å². The minimum Gasteiger partial charge on any atom is -0.480 e. The van der Waals surface area contributed by atoms with Gasteiger partial charge in [-0.05, 0) is 11.5 Å². The number of aliphatic carboxylic acids is 1. The number of benzene rings is 1. The smallest absolute Gasteiger partial charge is 0.326 e. The maximum Gasteiger partial charge on any atom is 0.326 e. The molecule has 0 saturated carbocycles. The predicted molar refractivity (Wildman–Crippen MR) is 77.6 cm³/mol. The highest BCUT2D eigenvalue weighted by Crippen LogP contribution is 2.03. The largest absolute Gasteiger partial charge is 0.480 e. The van der Waals surface area contributed by atoms with Crippen LogP contribution in [-0.2, 0) is 11.2 Å². The Morgan fingerprint density at radius 3 is 2.45 bits per heavy atom. The zero-order valence-electron chi connectivity index (χ0n) is 11.9. The van der Waals surface area contributed by atoms with Gasteiger partial charge in [-0.2, -0.15) is 0 Å². The van der Waals surface area contributed by atoms with Gasteiger partial charge in [0.2, 0.25) is 0 Å². The summed E-state index contributed by atoms with van der Waals surface area (Å²) in [5, 5.41) is 14.4. The average molecular weight is 278 g/mol. The number of nitrogens with one attached hydrogen (secondary N) is 2. The molecule has 0 spiro atoms. The highest BCUT2D eigenvalue weighted by molar-refractivity contribution is 5.82. The van der Waals surface area contributed by atoms with Gasteiger partial charge in [-0.25, -0.2) is 9.59 Å². The zero-order chi connectivity index (χ0) is 15.0. The second-order valence-corrected chi connectivity index (χ2v) is 4.95. The van der Waals surface area contributed by atoms with Crippen molar-refractivity contribution in [2.45, 2.75) is 32.7 Å². The molecule has 0 aliphatic carbocycles. The lowest BCUT2D eigenvalue weighted by molar-refractivity contribution is -0.139. The molecule has 20 heavy (non-hydrogen) atoms. The van der Waals surface area contributed by atoms with Crippen LogP contribution in [0.15, 0.2) is 30.3 Å². The molecule has 0 aliphatic heterocycles. The van der Waals surface area contributed by atoms with Crippen molar-refractivity contribution < 1.29 is 14.7 Å². The number of carboxylic acid groups (broad SMARTS) is 1. The van der Waals surface area contributed by atoms with E-state index in [-0.39, 0.29) is 6.42 Å². The molecule has 5 nitrogen and oxygen atoms in total. The molecule has 0 radical (unpaired) electrons. The Balaban J connectivity index is 2.51. The first-order valence-electron chi connectivity index (χ1n) is 6.84. The van der Waals surface area contributed by atoms with Crippen molar-refractivity contribution >= 4 is 12.0 Å². The Kier molecular flexibility index (Phi) is 6.56. The number of carbonyl (C=O) groups excluding carboxylic acids is 1. The maximum absolute atomic E-state index is 11.7. The first-order chi connectivity index (χ1) is 9.52. The lowest BCUT2D eigenvalue weighted by Crippen LogP contribution is -2.47. The number of amides is 2. The Labute approximate surface area is 119 Å². The van der Waals surface area contributed by atoms with Crippen molar-refractivity contribution in [1.82, 2.24) is 10.6 Å². The minimum atomic E-state index is -1.03. The van der Waals surface area contributed by atoms with E-state index < -0.39 is 18.0 Å². The van der Waals surface area contributed by atoms with Crippen LogP contribution in [0.4, 0.5) is 4.79 Å². The molecule has 0 aliphatic rings. The second-order valence-electron chi connectivity index (χ2n) is 4.95. The molecule has 0 heterocycles. The number of hydrogen-bond donors (Lipinski definition) is 3. The predicted octanol–water partition coefficient (Wildman–Crippen LogP) is 2.03. The molecule has 3 N–H and O–H groups in total. The molecule has 1 aromatic rings. The van der Waals surface area contributed by atoms with Crippen molar-refractivity contribution in [3.63, 3.8) is 0 Å². The van der Waals surface area contributed by atoms with E-state index in [1.54, 1.807) is 0 Å².